The van der Waals surface area contributed by atoms with Crippen molar-refractivity contribution in [3.05, 3.63) is 35.9 Å². The van der Waals surface area contributed by atoms with Crippen molar-refractivity contribution in [3.63, 3.8) is 0 Å². The molecule has 0 saturated carbocycles. The molecule has 5 nitrogen and oxygen atoms in total. The molecule has 1 heterocycles. The van der Waals surface area contributed by atoms with Crippen molar-refractivity contribution >= 4 is 11.9 Å². The number of aryl methyl sites for hydroxylation is 1. The van der Waals surface area contributed by atoms with Gasteiger partial charge in [0.15, 0.2) is 0 Å². The molecule has 1 aromatic rings. The van der Waals surface area contributed by atoms with Crippen LogP contribution in [0.15, 0.2) is 30.3 Å². The quantitative estimate of drug-likeness (QED) is 0.824. The van der Waals surface area contributed by atoms with E-state index in [-0.39, 0.29) is 11.8 Å². The Morgan fingerprint density at radius 3 is 2.67 bits per heavy atom. The molecule has 21 heavy (non-hydrogen) atoms. The van der Waals surface area contributed by atoms with Crippen molar-refractivity contribution in [2.75, 3.05) is 20.1 Å². The zero-order chi connectivity index (χ0) is 15.2. The molecule has 1 saturated heterocycles. The van der Waals surface area contributed by atoms with Gasteiger partial charge in [0.25, 0.3) is 0 Å². The molecule has 2 rings (SSSR count). The second-order valence-electron chi connectivity index (χ2n) is 5.67. The molecular weight excluding hydrogens is 268 g/mol. The first kappa shape index (κ1) is 15.5. The number of hydrogen-bond donors (Lipinski definition) is 2. The Morgan fingerprint density at radius 1 is 1.38 bits per heavy atom. The van der Waals surface area contributed by atoms with E-state index in [0.29, 0.717) is 19.4 Å². The second kappa shape index (κ2) is 7.22. The number of carbonyl (C=O) groups excluding carboxylic acids is 1. The topological polar surface area (TPSA) is 69.6 Å². The predicted octanol–water partition coefficient (Wildman–Crippen LogP) is 1.14. The molecule has 0 aromatic heterocycles. The zero-order valence-corrected chi connectivity index (χ0v) is 12.3. The number of hydrogen-bond acceptors (Lipinski definition) is 3. The van der Waals surface area contributed by atoms with Crippen LogP contribution < -0.4 is 5.32 Å². The molecular formula is C16H22N2O3. The normalized spacial score (nSPS) is 20.1. The highest BCUT2D eigenvalue weighted by Gasteiger charge is 2.29. The Hall–Kier alpha value is -1.88. The summed E-state index contributed by atoms with van der Waals surface area (Å²) in [5.41, 5.74) is 1.08. The van der Waals surface area contributed by atoms with Gasteiger partial charge in [-0.15, -0.1) is 0 Å². The first-order valence-electron chi connectivity index (χ1n) is 7.32. The number of nitrogens with one attached hydrogen (secondary N) is 1. The number of nitrogens with zero attached hydrogens (tertiary/aromatic N) is 1. The van der Waals surface area contributed by atoms with Gasteiger partial charge in [0.2, 0.25) is 5.91 Å². The average molecular weight is 290 g/mol. The Balaban J connectivity index is 1.87. The Kier molecular flexibility index (Phi) is 5.33. The number of carbonyl (C=O) groups is 2. The molecule has 1 fully saturated rings. The van der Waals surface area contributed by atoms with Crippen LogP contribution in [0.2, 0.25) is 0 Å². The van der Waals surface area contributed by atoms with E-state index in [9.17, 15) is 14.7 Å². The van der Waals surface area contributed by atoms with Crippen LogP contribution in [0.1, 0.15) is 18.4 Å². The molecule has 0 spiro atoms. The SMILES string of the molecule is CN1CCC(C(=O)NC(CCc2ccccc2)C(=O)O)C1. The lowest BCUT2D eigenvalue weighted by Gasteiger charge is -2.17. The van der Waals surface area contributed by atoms with Gasteiger partial charge < -0.3 is 15.3 Å². The van der Waals surface area contributed by atoms with Crippen LogP contribution in [0.25, 0.3) is 0 Å². The van der Waals surface area contributed by atoms with Gasteiger partial charge in [0, 0.05) is 6.54 Å². The highest BCUT2D eigenvalue weighted by molar-refractivity contribution is 5.85. The fraction of sp³-hybridized carbons (Fsp3) is 0.500. The zero-order valence-electron chi connectivity index (χ0n) is 12.3. The molecule has 1 amide bonds. The minimum absolute atomic E-state index is 0.0893. The number of rotatable bonds is 6. The number of aliphatic carboxylic acids is 1. The summed E-state index contributed by atoms with van der Waals surface area (Å²) in [4.78, 5) is 25.5. The van der Waals surface area contributed by atoms with E-state index in [1.807, 2.05) is 37.4 Å². The summed E-state index contributed by atoms with van der Waals surface area (Å²) in [5, 5.41) is 12.0. The van der Waals surface area contributed by atoms with Gasteiger partial charge in [0.05, 0.1) is 5.92 Å². The summed E-state index contributed by atoms with van der Waals surface area (Å²) in [6, 6.07) is 8.90. The molecule has 2 atom stereocenters. The third-order valence-corrected chi connectivity index (χ3v) is 3.94. The van der Waals surface area contributed by atoms with Gasteiger partial charge in [-0.25, -0.2) is 4.79 Å². The monoisotopic (exact) mass is 290 g/mol. The Morgan fingerprint density at radius 2 is 2.10 bits per heavy atom. The maximum Gasteiger partial charge on any atom is 0.326 e. The number of carboxylic acids is 1. The predicted molar refractivity (Wildman–Crippen MR) is 79.9 cm³/mol. The molecule has 1 aliphatic heterocycles. The highest BCUT2D eigenvalue weighted by atomic mass is 16.4. The van der Waals surface area contributed by atoms with E-state index in [1.165, 1.54) is 0 Å². The number of carboxylic acid groups (broad SMARTS) is 1. The Bertz CT molecular complexity index is 490. The summed E-state index contributed by atoms with van der Waals surface area (Å²) in [6.07, 6.45) is 1.85. The third kappa shape index (κ3) is 4.56. The van der Waals surface area contributed by atoms with Crippen LogP contribution in [0.4, 0.5) is 0 Å². The molecule has 0 bridgehead atoms. The van der Waals surface area contributed by atoms with Gasteiger partial charge in [-0.1, -0.05) is 30.3 Å². The minimum Gasteiger partial charge on any atom is -0.480 e. The van der Waals surface area contributed by atoms with E-state index in [2.05, 4.69) is 10.2 Å². The molecule has 5 heteroatoms. The smallest absolute Gasteiger partial charge is 0.326 e. The van der Waals surface area contributed by atoms with Gasteiger partial charge in [-0.3, -0.25) is 4.79 Å². The first-order chi connectivity index (χ1) is 10.1. The lowest BCUT2D eigenvalue weighted by atomic mass is 10.0. The lowest BCUT2D eigenvalue weighted by Crippen LogP contribution is -2.44. The summed E-state index contributed by atoms with van der Waals surface area (Å²) in [6.45, 7) is 1.59. The summed E-state index contributed by atoms with van der Waals surface area (Å²) in [7, 11) is 1.97. The van der Waals surface area contributed by atoms with Gasteiger partial charge in [-0.2, -0.15) is 0 Å². The van der Waals surface area contributed by atoms with Crippen molar-refractivity contribution in [1.82, 2.24) is 10.2 Å². The van der Waals surface area contributed by atoms with Crippen molar-refractivity contribution in [2.24, 2.45) is 5.92 Å². The fourth-order valence-electron chi connectivity index (χ4n) is 2.65. The van der Waals surface area contributed by atoms with Crippen LogP contribution in [0.5, 0.6) is 0 Å². The molecule has 114 valence electrons. The second-order valence-corrected chi connectivity index (χ2v) is 5.67. The third-order valence-electron chi connectivity index (χ3n) is 3.94. The van der Waals surface area contributed by atoms with E-state index >= 15 is 0 Å². The number of likely N-dealkylation sites (tertiary alicyclic amines) is 1. The van der Waals surface area contributed by atoms with Crippen molar-refractivity contribution in [2.45, 2.75) is 25.3 Å². The molecule has 2 N–H and O–H groups in total. The summed E-state index contributed by atoms with van der Waals surface area (Å²) in [5.74, 6) is -1.20. The van der Waals surface area contributed by atoms with E-state index in [0.717, 1.165) is 18.5 Å². The first-order valence-corrected chi connectivity index (χ1v) is 7.32. The Labute approximate surface area is 125 Å². The number of amides is 1. The van der Waals surface area contributed by atoms with Crippen LogP contribution in [0.3, 0.4) is 0 Å². The van der Waals surface area contributed by atoms with Crippen molar-refractivity contribution < 1.29 is 14.7 Å². The maximum absolute atomic E-state index is 12.1. The summed E-state index contributed by atoms with van der Waals surface area (Å²) < 4.78 is 0. The fourth-order valence-corrected chi connectivity index (χ4v) is 2.65. The number of benzene rings is 1. The standard InChI is InChI=1S/C16H22N2O3/c1-18-10-9-13(11-18)15(19)17-14(16(20)21)8-7-12-5-3-2-4-6-12/h2-6,13-14H,7-11H2,1H3,(H,17,19)(H,20,21). The van der Waals surface area contributed by atoms with Crippen molar-refractivity contribution in [3.8, 4) is 0 Å². The molecule has 2 unspecified atom stereocenters. The molecule has 0 aliphatic carbocycles. The lowest BCUT2D eigenvalue weighted by molar-refractivity contribution is -0.142. The van der Waals surface area contributed by atoms with Crippen LogP contribution >= 0.6 is 0 Å². The van der Waals surface area contributed by atoms with Crippen LogP contribution in [-0.2, 0) is 16.0 Å². The van der Waals surface area contributed by atoms with E-state index < -0.39 is 12.0 Å². The van der Waals surface area contributed by atoms with Gasteiger partial charge in [-0.05, 0) is 38.4 Å². The van der Waals surface area contributed by atoms with E-state index in [4.69, 9.17) is 0 Å². The highest BCUT2D eigenvalue weighted by Crippen LogP contribution is 2.15. The molecule has 1 aliphatic rings. The van der Waals surface area contributed by atoms with Crippen LogP contribution in [0, 0.1) is 5.92 Å². The van der Waals surface area contributed by atoms with Crippen LogP contribution in [-0.4, -0.2) is 48.1 Å². The largest absolute Gasteiger partial charge is 0.480 e. The van der Waals surface area contributed by atoms with Gasteiger partial charge >= 0.3 is 5.97 Å². The average Bonchev–Trinajstić information content (AvgIpc) is 2.90. The van der Waals surface area contributed by atoms with Gasteiger partial charge in [0.1, 0.15) is 6.04 Å². The minimum atomic E-state index is -0.967. The summed E-state index contributed by atoms with van der Waals surface area (Å²) >= 11 is 0. The molecule has 0 radical (unpaired) electrons. The van der Waals surface area contributed by atoms with E-state index in [1.54, 1.807) is 0 Å². The maximum atomic E-state index is 12.1. The molecule has 1 aromatic carbocycles. The van der Waals surface area contributed by atoms with Crippen molar-refractivity contribution in [1.29, 1.82) is 0 Å².